The number of nitrogens with zero attached hydrogens (tertiary/aromatic N) is 1. The van der Waals surface area contributed by atoms with Crippen molar-refractivity contribution < 1.29 is 18.7 Å². The van der Waals surface area contributed by atoms with Gasteiger partial charge in [0.1, 0.15) is 17.6 Å². The quantitative estimate of drug-likeness (QED) is 0.501. The van der Waals surface area contributed by atoms with E-state index >= 15 is 0 Å². The molecular weight excluding hydrogens is 429 g/mol. The maximum atomic E-state index is 13.8. The summed E-state index contributed by atoms with van der Waals surface area (Å²) >= 11 is 3.37. The Kier molecular flexibility index (Phi) is 7.69. The predicted molar refractivity (Wildman–Crippen MR) is 109 cm³/mol. The van der Waals surface area contributed by atoms with Crippen LogP contribution in [0.25, 0.3) is 0 Å². The Morgan fingerprint density at radius 3 is 2.54 bits per heavy atom. The molecule has 0 aromatic heterocycles. The number of carbonyl (C=O) groups excluding carboxylic acids is 2. The minimum absolute atomic E-state index is 0.118. The van der Waals surface area contributed by atoms with Crippen molar-refractivity contribution >= 4 is 34.0 Å². The van der Waals surface area contributed by atoms with Gasteiger partial charge in [-0.25, -0.2) is 9.82 Å². The molecule has 2 aromatic rings. The van der Waals surface area contributed by atoms with Gasteiger partial charge in [-0.05, 0) is 57.7 Å². The van der Waals surface area contributed by atoms with Gasteiger partial charge in [-0.1, -0.05) is 26.0 Å². The van der Waals surface area contributed by atoms with Crippen molar-refractivity contribution in [2.24, 2.45) is 11.0 Å². The molecule has 6 nitrogen and oxygen atoms in total. The first-order valence-corrected chi connectivity index (χ1v) is 9.34. The second kappa shape index (κ2) is 9.98. The smallest absolute Gasteiger partial charge is 0.262 e. The molecule has 0 aliphatic carbocycles. The number of methoxy groups -OCH3 is 1. The third-order valence-electron chi connectivity index (χ3n) is 3.92. The summed E-state index contributed by atoms with van der Waals surface area (Å²) in [5.41, 5.74) is 3.03. The lowest BCUT2D eigenvalue weighted by atomic mass is 10.0. The van der Waals surface area contributed by atoms with Gasteiger partial charge in [0.15, 0.2) is 0 Å². The number of halogens is 2. The van der Waals surface area contributed by atoms with Crippen molar-refractivity contribution in [3.63, 3.8) is 0 Å². The van der Waals surface area contributed by atoms with Crippen LogP contribution in [0.4, 0.5) is 4.39 Å². The molecule has 0 aliphatic heterocycles. The van der Waals surface area contributed by atoms with E-state index in [1.165, 1.54) is 24.4 Å². The number of hydrogen-bond donors (Lipinski definition) is 2. The molecule has 2 N–H and O–H groups in total. The average Bonchev–Trinajstić information content (AvgIpc) is 2.66. The van der Waals surface area contributed by atoms with Gasteiger partial charge in [0.05, 0.1) is 23.4 Å². The summed E-state index contributed by atoms with van der Waals surface area (Å²) < 4.78 is 19.7. The molecule has 2 amide bonds. The summed E-state index contributed by atoms with van der Waals surface area (Å²) in [5, 5.41) is 6.48. The van der Waals surface area contributed by atoms with Crippen LogP contribution in [-0.2, 0) is 4.79 Å². The molecule has 0 saturated heterocycles. The third kappa shape index (κ3) is 5.63. The molecule has 0 heterocycles. The number of hydrogen-bond acceptors (Lipinski definition) is 4. The average molecular weight is 450 g/mol. The minimum Gasteiger partial charge on any atom is -0.496 e. The van der Waals surface area contributed by atoms with E-state index in [2.05, 4.69) is 31.8 Å². The fourth-order valence-electron chi connectivity index (χ4n) is 2.40. The Morgan fingerprint density at radius 1 is 1.21 bits per heavy atom. The zero-order valence-electron chi connectivity index (χ0n) is 15.7. The lowest BCUT2D eigenvalue weighted by Crippen LogP contribution is -2.48. The van der Waals surface area contributed by atoms with Crippen molar-refractivity contribution in [1.82, 2.24) is 10.7 Å². The summed E-state index contributed by atoms with van der Waals surface area (Å²) in [6.07, 6.45) is 1.47. The molecule has 0 aliphatic rings. The van der Waals surface area contributed by atoms with E-state index in [1.807, 2.05) is 0 Å². The Hall–Kier alpha value is -2.74. The molecule has 1 atom stereocenters. The second-order valence-electron chi connectivity index (χ2n) is 6.30. The largest absolute Gasteiger partial charge is 0.496 e. The van der Waals surface area contributed by atoms with Crippen molar-refractivity contribution in [3.8, 4) is 5.75 Å². The van der Waals surface area contributed by atoms with Crippen molar-refractivity contribution in [1.29, 1.82) is 0 Å². The number of amides is 2. The van der Waals surface area contributed by atoms with Gasteiger partial charge in [-0.3, -0.25) is 9.59 Å². The van der Waals surface area contributed by atoms with Crippen molar-refractivity contribution in [3.05, 3.63) is 63.9 Å². The van der Waals surface area contributed by atoms with E-state index in [4.69, 9.17) is 4.74 Å². The fourth-order valence-corrected chi connectivity index (χ4v) is 2.96. The fraction of sp³-hybridized carbons (Fsp3) is 0.250. The summed E-state index contributed by atoms with van der Waals surface area (Å²) in [5.74, 6) is -1.34. The second-order valence-corrected chi connectivity index (χ2v) is 7.16. The highest BCUT2D eigenvalue weighted by molar-refractivity contribution is 9.10. The monoisotopic (exact) mass is 449 g/mol. The number of hydrazone groups is 1. The molecule has 8 heteroatoms. The minimum atomic E-state index is -0.869. The molecule has 0 saturated carbocycles. The van der Waals surface area contributed by atoms with Crippen LogP contribution >= 0.6 is 15.9 Å². The van der Waals surface area contributed by atoms with Gasteiger partial charge < -0.3 is 10.1 Å². The van der Waals surface area contributed by atoms with Crippen LogP contribution in [0.5, 0.6) is 5.75 Å². The maximum absolute atomic E-state index is 13.8. The number of rotatable bonds is 7. The lowest BCUT2D eigenvalue weighted by Gasteiger charge is -2.20. The molecule has 148 valence electrons. The van der Waals surface area contributed by atoms with Crippen LogP contribution in [0.15, 0.2) is 52.0 Å². The Labute approximate surface area is 171 Å². The van der Waals surface area contributed by atoms with Crippen LogP contribution < -0.4 is 15.5 Å². The number of ether oxygens (including phenoxy) is 1. The van der Waals surface area contributed by atoms with Gasteiger partial charge in [0.25, 0.3) is 11.8 Å². The first kappa shape index (κ1) is 21.6. The highest BCUT2D eigenvalue weighted by atomic mass is 79.9. The number of carbonyl (C=O) groups is 2. The Morgan fingerprint density at radius 2 is 1.93 bits per heavy atom. The number of nitrogens with one attached hydrogen (secondary N) is 2. The van der Waals surface area contributed by atoms with Crippen LogP contribution in [0.1, 0.15) is 29.8 Å². The summed E-state index contributed by atoms with van der Waals surface area (Å²) in [6.45, 7) is 3.55. The standard InChI is InChI=1S/C20H21BrFN3O3/c1-12(2)18(24-19(26)14-6-4-5-7-16(14)22)20(27)25-23-11-13-8-9-17(28-3)15(21)10-13/h4-12,18H,1-3H3,(H,24,26)(H,25,27). The zero-order valence-corrected chi connectivity index (χ0v) is 17.3. The first-order chi connectivity index (χ1) is 13.3. The normalized spacial score (nSPS) is 12.1. The molecule has 0 fully saturated rings. The van der Waals surface area contributed by atoms with E-state index in [-0.39, 0.29) is 11.5 Å². The van der Waals surface area contributed by atoms with Gasteiger partial charge >= 0.3 is 0 Å². The van der Waals surface area contributed by atoms with Gasteiger partial charge in [0, 0.05) is 0 Å². The highest BCUT2D eigenvalue weighted by Gasteiger charge is 2.25. The van der Waals surface area contributed by atoms with Gasteiger partial charge in [-0.2, -0.15) is 5.10 Å². The summed E-state index contributed by atoms with van der Waals surface area (Å²) in [7, 11) is 1.57. The molecule has 2 aromatic carbocycles. The third-order valence-corrected chi connectivity index (χ3v) is 4.54. The van der Waals surface area contributed by atoms with Crippen LogP contribution in [0.2, 0.25) is 0 Å². The zero-order chi connectivity index (χ0) is 20.7. The molecular formula is C20H21BrFN3O3. The van der Waals surface area contributed by atoms with E-state index in [0.29, 0.717) is 5.75 Å². The Balaban J connectivity index is 2.03. The lowest BCUT2D eigenvalue weighted by molar-refractivity contribution is -0.123. The molecule has 1 unspecified atom stereocenters. The van der Waals surface area contributed by atoms with Gasteiger partial charge in [0.2, 0.25) is 0 Å². The van der Waals surface area contributed by atoms with Crippen molar-refractivity contribution in [2.45, 2.75) is 19.9 Å². The van der Waals surface area contributed by atoms with E-state index in [9.17, 15) is 14.0 Å². The first-order valence-electron chi connectivity index (χ1n) is 8.55. The topological polar surface area (TPSA) is 79.8 Å². The molecule has 2 rings (SSSR count). The van der Waals surface area contributed by atoms with Crippen LogP contribution in [0.3, 0.4) is 0 Å². The van der Waals surface area contributed by atoms with Crippen LogP contribution in [-0.4, -0.2) is 31.2 Å². The van der Waals surface area contributed by atoms with E-state index in [0.717, 1.165) is 10.0 Å². The highest BCUT2D eigenvalue weighted by Crippen LogP contribution is 2.24. The SMILES string of the molecule is COc1ccc(C=NNC(=O)C(NC(=O)c2ccccc2F)C(C)C)cc1Br. The Bertz CT molecular complexity index is 887. The van der Waals surface area contributed by atoms with Crippen molar-refractivity contribution in [2.75, 3.05) is 7.11 Å². The molecule has 0 radical (unpaired) electrons. The molecule has 0 bridgehead atoms. The van der Waals surface area contributed by atoms with Gasteiger partial charge in [-0.15, -0.1) is 0 Å². The summed E-state index contributed by atoms with van der Waals surface area (Å²) in [6, 6.07) is 10.1. The molecule has 0 spiro atoms. The van der Waals surface area contributed by atoms with Crippen LogP contribution in [0, 0.1) is 11.7 Å². The van der Waals surface area contributed by atoms with E-state index < -0.39 is 23.7 Å². The predicted octanol–water partition coefficient (Wildman–Crippen LogP) is 3.50. The molecule has 28 heavy (non-hydrogen) atoms. The maximum Gasteiger partial charge on any atom is 0.262 e. The van der Waals surface area contributed by atoms with E-state index in [1.54, 1.807) is 45.2 Å². The summed E-state index contributed by atoms with van der Waals surface area (Å²) in [4.78, 5) is 24.7. The number of benzene rings is 2.